The minimum atomic E-state index is -0.113. The Bertz CT molecular complexity index is 762. The summed E-state index contributed by atoms with van der Waals surface area (Å²) in [6, 6.07) is 11.6. The van der Waals surface area contributed by atoms with Crippen LogP contribution in [0.25, 0.3) is 16.3 Å². The van der Waals surface area contributed by atoms with Crippen LogP contribution in [-0.4, -0.2) is 22.9 Å². The van der Waals surface area contributed by atoms with Crippen molar-refractivity contribution in [3.63, 3.8) is 0 Å². The van der Waals surface area contributed by atoms with Gasteiger partial charge in [-0.3, -0.25) is 14.7 Å². The van der Waals surface area contributed by atoms with Gasteiger partial charge in [-0.25, -0.2) is 4.98 Å². The fraction of sp³-hybridized carbons (Fsp3) is 0.0625. The van der Waals surface area contributed by atoms with Crippen LogP contribution in [0, 0.1) is 0 Å². The summed E-state index contributed by atoms with van der Waals surface area (Å²) in [6.45, 7) is 0. The van der Waals surface area contributed by atoms with Crippen LogP contribution in [0.5, 0.6) is 0 Å². The number of thiazole rings is 1. The number of hydrogen-bond donors (Lipinski definition) is 0. The zero-order chi connectivity index (χ0) is 14.7. The number of para-hydroxylation sites is 1. The fourth-order valence-corrected chi connectivity index (χ4v) is 2.78. The first-order chi connectivity index (χ1) is 10.2. The topological polar surface area (TPSA) is 46.1 Å². The number of benzene rings is 1. The Morgan fingerprint density at radius 1 is 1.24 bits per heavy atom. The van der Waals surface area contributed by atoms with E-state index in [-0.39, 0.29) is 5.91 Å². The summed E-state index contributed by atoms with van der Waals surface area (Å²) in [5.74, 6) is -0.113. The lowest BCUT2D eigenvalue weighted by molar-refractivity contribution is -0.113. The minimum Gasteiger partial charge on any atom is -0.288 e. The van der Waals surface area contributed by atoms with Gasteiger partial charge in [-0.15, -0.1) is 0 Å². The molecule has 0 aliphatic heterocycles. The van der Waals surface area contributed by atoms with E-state index in [1.54, 1.807) is 30.4 Å². The van der Waals surface area contributed by atoms with Crippen molar-refractivity contribution >= 4 is 38.7 Å². The van der Waals surface area contributed by atoms with Crippen LogP contribution in [0.4, 0.5) is 5.13 Å². The second kappa shape index (κ2) is 5.85. The zero-order valence-electron chi connectivity index (χ0n) is 11.4. The van der Waals surface area contributed by atoms with Gasteiger partial charge < -0.3 is 0 Å². The van der Waals surface area contributed by atoms with Crippen LogP contribution >= 0.6 is 11.3 Å². The largest absolute Gasteiger partial charge is 0.288 e. The molecule has 0 radical (unpaired) electrons. The Hall–Kier alpha value is -2.53. The number of rotatable bonds is 3. The molecule has 0 N–H and O–H groups in total. The molecule has 0 atom stereocenters. The van der Waals surface area contributed by atoms with Crippen molar-refractivity contribution in [2.45, 2.75) is 0 Å². The predicted octanol–water partition coefficient (Wildman–Crippen LogP) is 3.37. The molecule has 0 aliphatic carbocycles. The van der Waals surface area contributed by atoms with E-state index in [4.69, 9.17) is 0 Å². The molecule has 1 amide bonds. The molecule has 0 aliphatic rings. The van der Waals surface area contributed by atoms with Crippen molar-refractivity contribution in [2.75, 3.05) is 11.9 Å². The van der Waals surface area contributed by atoms with E-state index in [2.05, 4.69) is 9.97 Å². The quantitative estimate of drug-likeness (QED) is 0.696. The van der Waals surface area contributed by atoms with Gasteiger partial charge in [0.15, 0.2) is 5.13 Å². The lowest BCUT2D eigenvalue weighted by atomic mass is 10.2. The highest BCUT2D eigenvalue weighted by atomic mass is 32.1. The van der Waals surface area contributed by atoms with Gasteiger partial charge in [0.25, 0.3) is 5.91 Å². The highest BCUT2D eigenvalue weighted by molar-refractivity contribution is 7.22. The molecule has 5 heteroatoms. The normalized spacial score (nSPS) is 11.1. The summed E-state index contributed by atoms with van der Waals surface area (Å²) in [5, 5.41) is 0.692. The van der Waals surface area contributed by atoms with Gasteiger partial charge in [0.1, 0.15) is 0 Å². The Balaban J connectivity index is 1.79. The summed E-state index contributed by atoms with van der Waals surface area (Å²) >= 11 is 1.50. The molecule has 104 valence electrons. The van der Waals surface area contributed by atoms with E-state index < -0.39 is 0 Å². The maximum absolute atomic E-state index is 12.2. The Kier molecular flexibility index (Phi) is 3.75. The third-order valence-electron chi connectivity index (χ3n) is 3.00. The lowest BCUT2D eigenvalue weighted by Gasteiger charge is -2.10. The van der Waals surface area contributed by atoms with Crippen molar-refractivity contribution in [3.05, 3.63) is 60.4 Å². The van der Waals surface area contributed by atoms with Gasteiger partial charge in [-0.2, -0.15) is 0 Å². The molecule has 21 heavy (non-hydrogen) atoms. The van der Waals surface area contributed by atoms with Crippen molar-refractivity contribution in [1.82, 2.24) is 9.97 Å². The van der Waals surface area contributed by atoms with E-state index >= 15 is 0 Å². The third kappa shape index (κ3) is 2.98. The molecule has 0 spiro atoms. The van der Waals surface area contributed by atoms with E-state index in [9.17, 15) is 4.79 Å². The number of amides is 1. The lowest BCUT2D eigenvalue weighted by Crippen LogP contribution is -2.23. The van der Waals surface area contributed by atoms with Crippen molar-refractivity contribution in [1.29, 1.82) is 0 Å². The van der Waals surface area contributed by atoms with E-state index in [0.717, 1.165) is 15.8 Å². The van der Waals surface area contributed by atoms with Gasteiger partial charge in [0.2, 0.25) is 0 Å². The molecule has 2 aromatic heterocycles. The molecule has 0 saturated heterocycles. The average Bonchev–Trinajstić information content (AvgIpc) is 2.97. The monoisotopic (exact) mass is 295 g/mol. The zero-order valence-corrected chi connectivity index (χ0v) is 12.2. The van der Waals surface area contributed by atoms with Gasteiger partial charge >= 0.3 is 0 Å². The summed E-state index contributed by atoms with van der Waals surface area (Å²) in [4.78, 5) is 22.2. The number of carbonyl (C=O) groups is 1. The number of carbonyl (C=O) groups excluding carboxylic acids is 1. The number of pyridine rings is 1. The molecule has 3 rings (SSSR count). The van der Waals surface area contributed by atoms with Crippen LogP contribution in [-0.2, 0) is 4.79 Å². The van der Waals surface area contributed by atoms with Crippen molar-refractivity contribution < 1.29 is 4.79 Å². The molecule has 2 heterocycles. The molecule has 1 aromatic carbocycles. The second-order valence-electron chi connectivity index (χ2n) is 4.48. The summed E-state index contributed by atoms with van der Waals surface area (Å²) in [5.41, 5.74) is 1.80. The van der Waals surface area contributed by atoms with E-state index in [0.29, 0.717) is 5.13 Å². The summed E-state index contributed by atoms with van der Waals surface area (Å²) < 4.78 is 1.07. The van der Waals surface area contributed by atoms with Crippen LogP contribution in [0.15, 0.2) is 54.9 Å². The molecule has 4 nitrogen and oxygen atoms in total. The Morgan fingerprint density at radius 2 is 2.10 bits per heavy atom. The Labute approximate surface area is 126 Å². The first kappa shape index (κ1) is 13.5. The Morgan fingerprint density at radius 3 is 2.86 bits per heavy atom. The van der Waals surface area contributed by atoms with Crippen molar-refractivity contribution in [2.24, 2.45) is 0 Å². The number of nitrogens with zero attached hydrogens (tertiary/aromatic N) is 3. The SMILES string of the molecule is CN(C(=O)C=Cc1cccnc1)c1nc2ccccc2s1. The molecule has 3 aromatic rings. The molecule has 0 unspecified atom stereocenters. The van der Waals surface area contributed by atoms with Crippen LogP contribution < -0.4 is 4.90 Å². The number of hydrogen-bond acceptors (Lipinski definition) is 4. The number of anilines is 1. The molecule has 0 fully saturated rings. The molecular formula is C16H13N3OS. The highest BCUT2D eigenvalue weighted by Gasteiger charge is 2.12. The van der Waals surface area contributed by atoms with Gasteiger partial charge in [-0.05, 0) is 29.8 Å². The third-order valence-corrected chi connectivity index (χ3v) is 4.12. The average molecular weight is 295 g/mol. The minimum absolute atomic E-state index is 0.113. The molecule has 0 bridgehead atoms. The van der Waals surface area contributed by atoms with Gasteiger partial charge in [0.05, 0.1) is 10.2 Å². The highest BCUT2D eigenvalue weighted by Crippen LogP contribution is 2.27. The summed E-state index contributed by atoms with van der Waals surface area (Å²) in [7, 11) is 1.73. The fourth-order valence-electron chi connectivity index (χ4n) is 1.85. The molecule has 0 saturated carbocycles. The van der Waals surface area contributed by atoms with Crippen molar-refractivity contribution in [3.8, 4) is 0 Å². The van der Waals surface area contributed by atoms with Gasteiger partial charge in [0, 0.05) is 25.5 Å². The molecular weight excluding hydrogens is 282 g/mol. The van der Waals surface area contributed by atoms with Crippen LogP contribution in [0.1, 0.15) is 5.56 Å². The standard InChI is InChI=1S/C16H13N3OS/c1-19(15(20)9-8-12-5-4-10-17-11-12)16-18-13-6-2-3-7-14(13)21-16/h2-11H,1H3. The smallest absolute Gasteiger partial charge is 0.252 e. The summed E-state index contributed by atoms with van der Waals surface area (Å²) in [6.07, 6.45) is 6.69. The van der Waals surface area contributed by atoms with Crippen LogP contribution in [0.3, 0.4) is 0 Å². The van der Waals surface area contributed by atoms with E-state index in [1.807, 2.05) is 36.4 Å². The van der Waals surface area contributed by atoms with E-state index in [1.165, 1.54) is 17.4 Å². The number of aromatic nitrogens is 2. The first-order valence-corrected chi connectivity index (χ1v) is 7.27. The maximum Gasteiger partial charge on any atom is 0.252 e. The first-order valence-electron chi connectivity index (χ1n) is 6.45. The predicted molar refractivity (Wildman–Crippen MR) is 86.3 cm³/mol. The number of likely N-dealkylation sites (N-methyl/N-ethyl adjacent to an activating group) is 1. The number of fused-ring (bicyclic) bond motifs is 1. The van der Waals surface area contributed by atoms with Crippen LogP contribution in [0.2, 0.25) is 0 Å². The second-order valence-corrected chi connectivity index (χ2v) is 5.49. The van der Waals surface area contributed by atoms with Gasteiger partial charge in [-0.1, -0.05) is 29.5 Å². The maximum atomic E-state index is 12.2.